The van der Waals surface area contributed by atoms with Crippen LogP contribution in [0.3, 0.4) is 0 Å². The van der Waals surface area contributed by atoms with Crippen LogP contribution in [0.1, 0.15) is 30.5 Å². The molecule has 0 aromatic carbocycles. The van der Waals surface area contributed by atoms with Gasteiger partial charge >= 0.3 is 6.09 Å². The molecule has 2 fully saturated rings. The second kappa shape index (κ2) is 5.18. The molecule has 1 aliphatic carbocycles. The van der Waals surface area contributed by atoms with E-state index in [1.807, 2.05) is 4.90 Å². The highest BCUT2D eigenvalue weighted by Gasteiger charge is 2.59. The zero-order valence-corrected chi connectivity index (χ0v) is 12.9. The third-order valence-corrected chi connectivity index (χ3v) is 5.69. The second-order valence-corrected chi connectivity index (χ2v) is 6.89. The van der Waals surface area contributed by atoms with Crippen LogP contribution in [0.15, 0.2) is 12.5 Å². The lowest BCUT2D eigenvalue weighted by molar-refractivity contribution is -0.134. The predicted molar refractivity (Wildman–Crippen MR) is 80.5 cm³/mol. The maximum Gasteiger partial charge on any atom is 0.407 e. The molecule has 3 aliphatic rings. The second-order valence-electron chi connectivity index (χ2n) is 6.89. The normalized spacial score (nSPS) is 25.1. The molecule has 23 heavy (non-hydrogen) atoms. The van der Waals surface area contributed by atoms with Gasteiger partial charge in [0, 0.05) is 50.3 Å². The molecule has 1 aromatic rings. The minimum Gasteiger partial charge on any atom is -0.465 e. The summed E-state index contributed by atoms with van der Waals surface area (Å²) in [6, 6.07) is 0. The van der Waals surface area contributed by atoms with Crippen molar-refractivity contribution in [3.8, 4) is 0 Å². The Morgan fingerprint density at radius 2 is 2.00 bits per heavy atom. The zero-order chi connectivity index (χ0) is 16.0. The highest BCUT2D eigenvalue weighted by atomic mass is 16.4. The Bertz CT molecular complexity index is 654. The van der Waals surface area contributed by atoms with Gasteiger partial charge in [0.05, 0.1) is 5.69 Å². The average molecular weight is 316 g/mol. The number of piperidine rings is 1. The highest BCUT2D eigenvalue weighted by molar-refractivity contribution is 5.83. The number of hydrogen-bond acceptors (Lipinski definition) is 4. The summed E-state index contributed by atoms with van der Waals surface area (Å²) in [4.78, 5) is 35.5. The number of likely N-dealkylation sites (tertiary alicyclic amines) is 1. The lowest BCUT2D eigenvalue weighted by Gasteiger charge is -2.32. The Hall–Kier alpha value is -2.18. The van der Waals surface area contributed by atoms with Gasteiger partial charge in [-0.3, -0.25) is 4.79 Å². The molecule has 7 heteroatoms. The van der Waals surface area contributed by atoms with Crippen molar-refractivity contribution < 1.29 is 14.7 Å². The van der Waals surface area contributed by atoms with E-state index in [0.29, 0.717) is 19.6 Å². The molecule has 1 atom stereocenters. The van der Waals surface area contributed by atoms with E-state index in [4.69, 9.17) is 5.11 Å². The quantitative estimate of drug-likeness (QED) is 0.839. The number of rotatable bonds is 1. The highest BCUT2D eigenvalue weighted by Crippen LogP contribution is 2.60. The van der Waals surface area contributed by atoms with E-state index in [9.17, 15) is 9.59 Å². The van der Waals surface area contributed by atoms with Gasteiger partial charge < -0.3 is 14.9 Å². The maximum absolute atomic E-state index is 12.8. The molecule has 4 rings (SSSR count). The van der Waals surface area contributed by atoms with Crippen molar-refractivity contribution in [1.29, 1.82) is 0 Å². The number of carbonyl (C=O) groups excluding carboxylic acids is 1. The molecule has 1 aromatic heterocycles. The SMILES string of the molecule is O=C(O)N1CCC2(CC1)CC2C(=O)N1CCc2ncncc2C1. The van der Waals surface area contributed by atoms with Crippen molar-refractivity contribution in [3.05, 3.63) is 23.8 Å². The number of carboxylic acid groups (broad SMARTS) is 1. The van der Waals surface area contributed by atoms with E-state index < -0.39 is 6.09 Å². The molecule has 2 aliphatic heterocycles. The fourth-order valence-corrected chi connectivity index (χ4v) is 4.07. The van der Waals surface area contributed by atoms with Gasteiger partial charge in [-0.25, -0.2) is 14.8 Å². The lowest BCUT2D eigenvalue weighted by Crippen LogP contribution is -2.41. The van der Waals surface area contributed by atoms with Gasteiger partial charge in [0.2, 0.25) is 5.91 Å². The summed E-state index contributed by atoms with van der Waals surface area (Å²) in [7, 11) is 0. The summed E-state index contributed by atoms with van der Waals surface area (Å²) in [6.07, 6.45) is 5.82. The van der Waals surface area contributed by atoms with E-state index >= 15 is 0 Å². The van der Waals surface area contributed by atoms with Crippen LogP contribution >= 0.6 is 0 Å². The van der Waals surface area contributed by atoms with E-state index in [2.05, 4.69) is 9.97 Å². The molecule has 0 bridgehead atoms. The van der Waals surface area contributed by atoms with Crippen molar-refractivity contribution in [2.24, 2.45) is 11.3 Å². The monoisotopic (exact) mass is 316 g/mol. The first-order valence-electron chi connectivity index (χ1n) is 8.13. The summed E-state index contributed by atoms with van der Waals surface area (Å²) >= 11 is 0. The number of carbonyl (C=O) groups is 2. The molecule has 1 unspecified atom stereocenters. The van der Waals surface area contributed by atoms with Crippen LogP contribution in [-0.2, 0) is 17.8 Å². The van der Waals surface area contributed by atoms with Crippen LogP contribution in [0, 0.1) is 11.3 Å². The Kier molecular flexibility index (Phi) is 3.25. The molecular weight excluding hydrogens is 296 g/mol. The molecular formula is C16H20N4O3. The number of hydrogen-bond donors (Lipinski definition) is 1. The zero-order valence-electron chi connectivity index (χ0n) is 12.9. The Morgan fingerprint density at radius 1 is 1.22 bits per heavy atom. The fourth-order valence-electron chi connectivity index (χ4n) is 4.07. The Morgan fingerprint density at radius 3 is 2.74 bits per heavy atom. The van der Waals surface area contributed by atoms with Crippen LogP contribution in [0.25, 0.3) is 0 Å². The molecule has 122 valence electrons. The molecule has 0 radical (unpaired) electrons. The summed E-state index contributed by atoms with van der Waals surface area (Å²) in [5.41, 5.74) is 2.14. The van der Waals surface area contributed by atoms with Crippen LogP contribution in [-0.4, -0.2) is 56.5 Å². The first kappa shape index (κ1) is 14.4. The molecule has 1 saturated heterocycles. The van der Waals surface area contributed by atoms with Gasteiger partial charge in [-0.1, -0.05) is 0 Å². The van der Waals surface area contributed by atoms with Crippen molar-refractivity contribution in [3.63, 3.8) is 0 Å². The minimum absolute atomic E-state index is 0.0521. The van der Waals surface area contributed by atoms with Gasteiger partial charge in [0.25, 0.3) is 0 Å². The van der Waals surface area contributed by atoms with Gasteiger partial charge in [-0.05, 0) is 24.7 Å². The van der Waals surface area contributed by atoms with E-state index in [0.717, 1.165) is 43.5 Å². The minimum atomic E-state index is -0.851. The summed E-state index contributed by atoms with van der Waals surface area (Å²) in [6.45, 7) is 2.42. The number of fused-ring (bicyclic) bond motifs is 1. The number of amides is 2. The van der Waals surface area contributed by atoms with Crippen molar-refractivity contribution in [1.82, 2.24) is 19.8 Å². The molecule has 1 N–H and O–H groups in total. The molecule has 2 amide bonds. The van der Waals surface area contributed by atoms with Gasteiger partial charge in [-0.15, -0.1) is 0 Å². The lowest BCUT2D eigenvalue weighted by atomic mass is 9.90. The smallest absolute Gasteiger partial charge is 0.407 e. The Labute approximate surface area is 134 Å². The molecule has 1 spiro atoms. The fraction of sp³-hybridized carbons (Fsp3) is 0.625. The van der Waals surface area contributed by atoms with Gasteiger partial charge in [0.1, 0.15) is 6.33 Å². The third kappa shape index (κ3) is 2.44. The van der Waals surface area contributed by atoms with Gasteiger partial charge in [0.15, 0.2) is 0 Å². The molecule has 1 saturated carbocycles. The van der Waals surface area contributed by atoms with Crippen molar-refractivity contribution >= 4 is 12.0 Å². The topological polar surface area (TPSA) is 86.6 Å². The third-order valence-electron chi connectivity index (χ3n) is 5.69. The first-order valence-corrected chi connectivity index (χ1v) is 8.13. The standard InChI is InChI=1S/C16H20N4O3/c21-14(20-4-1-13-11(9-20)8-17-10-18-13)12-7-16(12)2-5-19(6-3-16)15(22)23/h8,10,12H,1-7,9H2,(H,22,23). The van der Waals surface area contributed by atoms with Crippen LogP contribution in [0.4, 0.5) is 4.79 Å². The number of aromatic nitrogens is 2. The largest absolute Gasteiger partial charge is 0.465 e. The van der Waals surface area contributed by atoms with Crippen LogP contribution < -0.4 is 0 Å². The van der Waals surface area contributed by atoms with E-state index in [1.165, 1.54) is 4.90 Å². The first-order chi connectivity index (χ1) is 11.1. The average Bonchev–Trinajstić information content (AvgIpc) is 3.27. The van der Waals surface area contributed by atoms with E-state index in [-0.39, 0.29) is 17.2 Å². The van der Waals surface area contributed by atoms with Crippen molar-refractivity contribution in [2.45, 2.75) is 32.2 Å². The maximum atomic E-state index is 12.8. The summed E-state index contributed by atoms with van der Waals surface area (Å²) in [5, 5.41) is 9.04. The van der Waals surface area contributed by atoms with Crippen molar-refractivity contribution in [2.75, 3.05) is 19.6 Å². The van der Waals surface area contributed by atoms with Gasteiger partial charge in [-0.2, -0.15) is 0 Å². The Balaban J connectivity index is 1.40. The summed E-state index contributed by atoms with van der Waals surface area (Å²) in [5.74, 6) is 0.299. The molecule has 3 heterocycles. The number of nitrogens with zero attached hydrogens (tertiary/aromatic N) is 4. The van der Waals surface area contributed by atoms with Crippen LogP contribution in [0.5, 0.6) is 0 Å². The predicted octanol–water partition coefficient (Wildman–Crippen LogP) is 1.14. The van der Waals surface area contributed by atoms with E-state index in [1.54, 1.807) is 12.5 Å². The van der Waals surface area contributed by atoms with Crippen LogP contribution in [0.2, 0.25) is 0 Å². The summed E-state index contributed by atoms with van der Waals surface area (Å²) < 4.78 is 0. The molecule has 7 nitrogen and oxygen atoms in total.